The lowest BCUT2D eigenvalue weighted by Gasteiger charge is -2.21. The van der Waals surface area contributed by atoms with Crippen molar-refractivity contribution in [1.29, 1.82) is 0 Å². The van der Waals surface area contributed by atoms with Crippen LogP contribution in [0.5, 0.6) is 0 Å². The van der Waals surface area contributed by atoms with Crippen LogP contribution in [-0.2, 0) is 0 Å². The van der Waals surface area contributed by atoms with E-state index in [9.17, 15) is 4.79 Å². The molecule has 0 aliphatic carbocycles. The number of carbonyl (C=O) groups excluding carboxylic acids is 1. The highest BCUT2D eigenvalue weighted by Gasteiger charge is 2.16. The van der Waals surface area contributed by atoms with E-state index in [-0.39, 0.29) is 5.91 Å². The zero-order valence-corrected chi connectivity index (χ0v) is 12.5. The summed E-state index contributed by atoms with van der Waals surface area (Å²) < 4.78 is 0.918. The molecule has 98 valence electrons. The van der Waals surface area contributed by atoms with Gasteiger partial charge in [-0.05, 0) is 49.7 Å². The molecule has 19 heavy (non-hydrogen) atoms. The average Bonchev–Trinajstić information content (AvgIpc) is 2.39. The van der Waals surface area contributed by atoms with E-state index in [1.807, 2.05) is 44.2 Å². The molecule has 0 saturated carbocycles. The van der Waals surface area contributed by atoms with Gasteiger partial charge in [-0.15, -0.1) is 0 Å². The minimum Gasteiger partial charge on any atom is -0.309 e. The topological polar surface area (TPSA) is 33.2 Å². The van der Waals surface area contributed by atoms with E-state index in [1.54, 1.807) is 17.3 Å². The Balaban J connectivity index is 2.36. The van der Waals surface area contributed by atoms with Crippen molar-refractivity contribution in [2.24, 2.45) is 0 Å². The Kier molecular flexibility index (Phi) is 4.32. The molecule has 0 unspecified atom stereocenters. The maximum absolute atomic E-state index is 12.6. The molecule has 0 bridgehead atoms. The highest BCUT2D eigenvalue weighted by Crippen LogP contribution is 2.20. The third-order valence-corrected chi connectivity index (χ3v) is 3.28. The molecule has 0 aliphatic heterocycles. The summed E-state index contributed by atoms with van der Waals surface area (Å²) in [7, 11) is 0. The highest BCUT2D eigenvalue weighted by molar-refractivity contribution is 9.10. The van der Waals surface area contributed by atoms with E-state index in [4.69, 9.17) is 0 Å². The van der Waals surface area contributed by atoms with Crippen LogP contribution in [0.3, 0.4) is 0 Å². The van der Waals surface area contributed by atoms with E-state index in [0.29, 0.717) is 12.1 Å². The van der Waals surface area contributed by atoms with Gasteiger partial charge in [0.1, 0.15) is 0 Å². The molecule has 1 heterocycles. The molecule has 3 nitrogen and oxygen atoms in total. The molecule has 2 rings (SSSR count). The zero-order valence-electron chi connectivity index (χ0n) is 10.9. The first-order valence-electron chi connectivity index (χ1n) is 6.11. The fraction of sp³-hybridized carbons (Fsp3) is 0.200. The van der Waals surface area contributed by atoms with E-state index >= 15 is 0 Å². The van der Waals surface area contributed by atoms with E-state index in [1.165, 1.54) is 0 Å². The molecule has 1 aromatic heterocycles. The van der Waals surface area contributed by atoms with Crippen LogP contribution in [0.1, 0.15) is 22.8 Å². The molecular formula is C15H15BrN2O. The lowest BCUT2D eigenvalue weighted by molar-refractivity contribution is 0.0988. The number of carbonyl (C=O) groups is 1. The maximum atomic E-state index is 12.6. The van der Waals surface area contributed by atoms with Crippen molar-refractivity contribution in [3.05, 3.63) is 58.3 Å². The molecule has 0 radical (unpaired) electrons. The van der Waals surface area contributed by atoms with Gasteiger partial charge in [0.25, 0.3) is 5.91 Å². The Morgan fingerprint density at radius 2 is 1.95 bits per heavy atom. The van der Waals surface area contributed by atoms with Crippen LogP contribution in [0.2, 0.25) is 0 Å². The summed E-state index contributed by atoms with van der Waals surface area (Å²) in [6.07, 6.45) is 3.38. The fourth-order valence-electron chi connectivity index (χ4n) is 1.98. The predicted octanol–water partition coefficient (Wildman–Crippen LogP) is 3.82. The van der Waals surface area contributed by atoms with Gasteiger partial charge in [0.2, 0.25) is 0 Å². The molecular weight excluding hydrogens is 304 g/mol. The average molecular weight is 319 g/mol. The minimum atomic E-state index is -0.00176. The second-order valence-electron chi connectivity index (χ2n) is 4.27. The summed E-state index contributed by atoms with van der Waals surface area (Å²) >= 11 is 3.43. The van der Waals surface area contributed by atoms with Crippen LogP contribution in [0.4, 0.5) is 5.69 Å². The number of aryl methyl sites for hydroxylation is 1. The van der Waals surface area contributed by atoms with Gasteiger partial charge in [-0.25, -0.2) is 0 Å². The van der Waals surface area contributed by atoms with Crippen molar-refractivity contribution in [2.45, 2.75) is 13.8 Å². The smallest absolute Gasteiger partial charge is 0.258 e. The number of halogens is 1. The number of benzene rings is 1. The first-order chi connectivity index (χ1) is 9.11. The number of anilines is 1. The van der Waals surface area contributed by atoms with Crippen molar-refractivity contribution in [2.75, 3.05) is 11.4 Å². The van der Waals surface area contributed by atoms with Gasteiger partial charge in [0.05, 0.1) is 0 Å². The molecule has 1 aromatic carbocycles. The van der Waals surface area contributed by atoms with Crippen LogP contribution in [-0.4, -0.2) is 17.4 Å². The Bertz CT molecular complexity index is 564. The van der Waals surface area contributed by atoms with Crippen LogP contribution >= 0.6 is 15.9 Å². The predicted molar refractivity (Wildman–Crippen MR) is 80.5 cm³/mol. The number of aromatic nitrogens is 1. The standard InChI is InChI=1S/C15H15BrN2O/c1-3-18(14-4-6-17-7-5-14)15(19)12-8-11(2)9-13(16)10-12/h4-10H,3H2,1-2H3. The van der Waals surface area contributed by atoms with Gasteiger partial charge in [-0.1, -0.05) is 15.9 Å². The Hall–Kier alpha value is -1.68. The molecule has 2 aromatic rings. The van der Waals surface area contributed by atoms with Crippen molar-refractivity contribution >= 4 is 27.5 Å². The Morgan fingerprint density at radius 3 is 2.53 bits per heavy atom. The second-order valence-corrected chi connectivity index (χ2v) is 5.19. The third-order valence-electron chi connectivity index (χ3n) is 2.82. The first kappa shape index (κ1) is 13.7. The third kappa shape index (κ3) is 3.20. The van der Waals surface area contributed by atoms with E-state index in [2.05, 4.69) is 20.9 Å². The van der Waals surface area contributed by atoms with E-state index < -0.39 is 0 Å². The fourth-order valence-corrected chi connectivity index (χ4v) is 2.59. The van der Waals surface area contributed by atoms with Crippen LogP contribution in [0.25, 0.3) is 0 Å². The minimum absolute atomic E-state index is 0.00176. The molecule has 0 N–H and O–H groups in total. The summed E-state index contributed by atoms with van der Waals surface area (Å²) in [6, 6.07) is 9.41. The van der Waals surface area contributed by atoms with E-state index in [0.717, 1.165) is 15.7 Å². The number of hydrogen-bond acceptors (Lipinski definition) is 2. The zero-order chi connectivity index (χ0) is 13.8. The van der Waals surface area contributed by atoms with Crippen LogP contribution in [0, 0.1) is 6.92 Å². The molecule has 4 heteroatoms. The first-order valence-corrected chi connectivity index (χ1v) is 6.90. The number of pyridine rings is 1. The van der Waals surface area contributed by atoms with Crippen molar-refractivity contribution in [1.82, 2.24) is 4.98 Å². The van der Waals surface area contributed by atoms with Crippen LogP contribution in [0.15, 0.2) is 47.2 Å². The Morgan fingerprint density at radius 1 is 1.26 bits per heavy atom. The van der Waals surface area contributed by atoms with Crippen molar-refractivity contribution < 1.29 is 4.79 Å². The van der Waals surface area contributed by atoms with Crippen molar-refractivity contribution in [3.8, 4) is 0 Å². The SMILES string of the molecule is CCN(C(=O)c1cc(C)cc(Br)c1)c1ccncc1. The lowest BCUT2D eigenvalue weighted by atomic mass is 10.1. The highest BCUT2D eigenvalue weighted by atomic mass is 79.9. The summed E-state index contributed by atoms with van der Waals surface area (Å²) in [5.74, 6) is -0.00176. The van der Waals surface area contributed by atoms with Gasteiger partial charge in [0.15, 0.2) is 0 Å². The molecule has 0 aliphatic rings. The quantitative estimate of drug-likeness (QED) is 0.862. The van der Waals surface area contributed by atoms with Gasteiger partial charge >= 0.3 is 0 Å². The summed E-state index contributed by atoms with van der Waals surface area (Å²) in [4.78, 5) is 18.3. The van der Waals surface area contributed by atoms with Crippen molar-refractivity contribution in [3.63, 3.8) is 0 Å². The maximum Gasteiger partial charge on any atom is 0.258 e. The summed E-state index contributed by atoms with van der Waals surface area (Å²) in [5.41, 5.74) is 2.61. The second kappa shape index (κ2) is 5.97. The van der Waals surface area contributed by atoms with Gasteiger partial charge in [0, 0.05) is 34.7 Å². The lowest BCUT2D eigenvalue weighted by Crippen LogP contribution is -2.30. The largest absolute Gasteiger partial charge is 0.309 e. The monoisotopic (exact) mass is 318 g/mol. The summed E-state index contributed by atoms with van der Waals surface area (Å²) in [6.45, 7) is 4.56. The number of amides is 1. The molecule has 0 saturated heterocycles. The van der Waals surface area contributed by atoms with Gasteiger partial charge < -0.3 is 4.90 Å². The van der Waals surface area contributed by atoms with Gasteiger partial charge in [-0.2, -0.15) is 0 Å². The molecule has 0 atom stereocenters. The number of rotatable bonds is 3. The number of nitrogens with zero attached hydrogens (tertiary/aromatic N) is 2. The molecule has 0 fully saturated rings. The normalized spacial score (nSPS) is 10.3. The Labute approximate surface area is 121 Å². The molecule has 1 amide bonds. The number of hydrogen-bond donors (Lipinski definition) is 0. The summed E-state index contributed by atoms with van der Waals surface area (Å²) in [5, 5.41) is 0. The van der Waals surface area contributed by atoms with Gasteiger partial charge in [-0.3, -0.25) is 9.78 Å². The molecule has 0 spiro atoms. The van der Waals surface area contributed by atoms with Crippen LogP contribution < -0.4 is 4.90 Å².